The van der Waals surface area contributed by atoms with Crippen LogP contribution in [0.4, 0.5) is 8.78 Å². The minimum absolute atomic E-state index is 0.152. The maximum atomic E-state index is 13.5. The van der Waals surface area contributed by atoms with Crippen molar-refractivity contribution in [2.45, 2.75) is 12.5 Å². The molecular formula is C14H11BrF2O. The summed E-state index contributed by atoms with van der Waals surface area (Å²) in [5.74, 6) is -1.45. The first-order valence-corrected chi connectivity index (χ1v) is 6.24. The molecule has 0 spiro atoms. The molecule has 1 nitrogen and oxygen atoms in total. The largest absolute Gasteiger partial charge is 0.388 e. The highest BCUT2D eigenvalue weighted by molar-refractivity contribution is 9.10. The van der Waals surface area contributed by atoms with Crippen LogP contribution in [-0.2, 0) is 6.42 Å². The Bertz CT molecular complexity index is 537. The van der Waals surface area contributed by atoms with E-state index in [1.807, 2.05) is 18.2 Å². The number of rotatable bonds is 3. The Morgan fingerprint density at radius 3 is 2.22 bits per heavy atom. The average Bonchev–Trinajstić information content (AvgIpc) is 2.32. The molecule has 94 valence electrons. The highest BCUT2D eigenvalue weighted by atomic mass is 79.9. The first-order chi connectivity index (χ1) is 8.59. The van der Waals surface area contributed by atoms with Crippen LogP contribution in [-0.4, -0.2) is 5.11 Å². The minimum Gasteiger partial charge on any atom is -0.388 e. The zero-order valence-electron chi connectivity index (χ0n) is 9.41. The Labute approximate surface area is 112 Å². The van der Waals surface area contributed by atoms with Gasteiger partial charge in [-0.05, 0) is 23.8 Å². The highest BCUT2D eigenvalue weighted by Gasteiger charge is 2.18. The van der Waals surface area contributed by atoms with Crippen molar-refractivity contribution in [1.82, 2.24) is 0 Å². The monoisotopic (exact) mass is 312 g/mol. The molecule has 0 amide bonds. The lowest BCUT2D eigenvalue weighted by atomic mass is 10.0. The Kier molecular flexibility index (Phi) is 4.09. The van der Waals surface area contributed by atoms with Gasteiger partial charge in [-0.3, -0.25) is 0 Å². The molecular weight excluding hydrogens is 302 g/mol. The van der Waals surface area contributed by atoms with Crippen LogP contribution in [0.25, 0.3) is 0 Å². The summed E-state index contributed by atoms with van der Waals surface area (Å²) in [4.78, 5) is 0. The van der Waals surface area contributed by atoms with Gasteiger partial charge in [-0.25, -0.2) is 8.78 Å². The molecule has 0 aliphatic heterocycles. The molecule has 0 aliphatic carbocycles. The summed E-state index contributed by atoms with van der Waals surface area (Å²) in [5, 5.41) is 9.96. The molecule has 0 radical (unpaired) electrons. The minimum atomic E-state index is -1.20. The maximum absolute atomic E-state index is 13.5. The van der Waals surface area contributed by atoms with Crippen LogP contribution in [0, 0.1) is 11.6 Å². The molecule has 0 fully saturated rings. The molecule has 0 aliphatic rings. The molecule has 2 aromatic carbocycles. The summed E-state index contributed by atoms with van der Waals surface area (Å²) >= 11 is 3.34. The van der Waals surface area contributed by atoms with Crippen molar-refractivity contribution < 1.29 is 13.9 Å². The molecule has 0 saturated carbocycles. The van der Waals surface area contributed by atoms with Crippen LogP contribution in [0.1, 0.15) is 17.2 Å². The first kappa shape index (κ1) is 13.2. The molecule has 1 N–H and O–H groups in total. The zero-order valence-corrected chi connectivity index (χ0v) is 11.0. The fourth-order valence-corrected chi connectivity index (χ4v) is 2.25. The van der Waals surface area contributed by atoms with E-state index in [-0.39, 0.29) is 12.0 Å². The van der Waals surface area contributed by atoms with E-state index in [9.17, 15) is 13.9 Å². The lowest BCUT2D eigenvalue weighted by Gasteiger charge is -2.13. The van der Waals surface area contributed by atoms with Crippen LogP contribution >= 0.6 is 15.9 Å². The fraction of sp³-hybridized carbons (Fsp3) is 0.143. The van der Waals surface area contributed by atoms with E-state index in [0.29, 0.717) is 0 Å². The van der Waals surface area contributed by atoms with Gasteiger partial charge in [0.15, 0.2) is 0 Å². The number of hydrogen-bond donors (Lipinski definition) is 1. The van der Waals surface area contributed by atoms with E-state index in [4.69, 9.17) is 0 Å². The average molecular weight is 313 g/mol. The molecule has 0 bridgehead atoms. The topological polar surface area (TPSA) is 20.2 Å². The number of halogens is 3. The van der Waals surface area contributed by atoms with Gasteiger partial charge in [0.25, 0.3) is 0 Å². The van der Waals surface area contributed by atoms with Crippen LogP contribution in [0.15, 0.2) is 46.9 Å². The van der Waals surface area contributed by atoms with Crippen molar-refractivity contribution in [1.29, 1.82) is 0 Å². The third kappa shape index (κ3) is 2.76. The molecule has 1 atom stereocenters. The molecule has 2 rings (SSSR count). The number of aliphatic hydroxyl groups excluding tert-OH is 1. The Morgan fingerprint density at radius 2 is 1.61 bits per heavy atom. The molecule has 4 heteroatoms. The normalized spacial score (nSPS) is 12.4. The van der Waals surface area contributed by atoms with E-state index in [2.05, 4.69) is 15.9 Å². The summed E-state index contributed by atoms with van der Waals surface area (Å²) in [6, 6.07) is 10.8. The zero-order chi connectivity index (χ0) is 13.1. The second-order valence-electron chi connectivity index (χ2n) is 3.95. The smallest absolute Gasteiger partial charge is 0.131 e. The first-order valence-electron chi connectivity index (χ1n) is 5.45. The van der Waals surface area contributed by atoms with Gasteiger partial charge in [0.1, 0.15) is 11.6 Å². The third-order valence-corrected chi connectivity index (χ3v) is 3.48. The van der Waals surface area contributed by atoms with Crippen molar-refractivity contribution in [2.75, 3.05) is 0 Å². The van der Waals surface area contributed by atoms with E-state index in [0.717, 1.165) is 22.2 Å². The second-order valence-corrected chi connectivity index (χ2v) is 4.80. The van der Waals surface area contributed by atoms with Gasteiger partial charge in [-0.2, -0.15) is 0 Å². The van der Waals surface area contributed by atoms with Crippen molar-refractivity contribution in [2.24, 2.45) is 0 Å². The molecule has 0 heterocycles. The summed E-state index contributed by atoms with van der Waals surface area (Å²) in [6.07, 6.45) is -1.05. The van der Waals surface area contributed by atoms with E-state index in [1.165, 1.54) is 6.07 Å². The van der Waals surface area contributed by atoms with Gasteiger partial charge in [-0.15, -0.1) is 0 Å². The SMILES string of the molecule is OC(Cc1ccccc1Br)c1c(F)cccc1F. The van der Waals surface area contributed by atoms with E-state index < -0.39 is 17.7 Å². The standard InChI is InChI=1S/C14H11BrF2O/c15-10-5-2-1-4-9(10)8-13(18)14-11(16)6-3-7-12(14)17/h1-7,13,18H,8H2. The van der Waals surface area contributed by atoms with Gasteiger partial charge in [0.2, 0.25) is 0 Å². The number of aliphatic hydroxyl groups is 1. The Hall–Kier alpha value is -1.26. The Morgan fingerprint density at radius 1 is 1.00 bits per heavy atom. The van der Waals surface area contributed by atoms with Crippen LogP contribution in [0.3, 0.4) is 0 Å². The lowest BCUT2D eigenvalue weighted by Crippen LogP contribution is -2.07. The lowest BCUT2D eigenvalue weighted by molar-refractivity contribution is 0.168. The third-order valence-electron chi connectivity index (χ3n) is 2.70. The van der Waals surface area contributed by atoms with Gasteiger partial charge < -0.3 is 5.11 Å². The van der Waals surface area contributed by atoms with Gasteiger partial charge in [-0.1, -0.05) is 40.2 Å². The van der Waals surface area contributed by atoms with Crippen molar-refractivity contribution in [3.63, 3.8) is 0 Å². The summed E-state index contributed by atoms with van der Waals surface area (Å²) in [5.41, 5.74) is 0.515. The van der Waals surface area contributed by atoms with Crippen LogP contribution in [0.2, 0.25) is 0 Å². The molecule has 1 unspecified atom stereocenters. The van der Waals surface area contributed by atoms with Gasteiger partial charge >= 0.3 is 0 Å². The number of hydrogen-bond acceptors (Lipinski definition) is 1. The maximum Gasteiger partial charge on any atom is 0.131 e. The van der Waals surface area contributed by atoms with Crippen molar-refractivity contribution >= 4 is 15.9 Å². The number of benzene rings is 2. The predicted molar refractivity (Wildman–Crippen MR) is 69.2 cm³/mol. The molecule has 0 aromatic heterocycles. The predicted octanol–water partition coefficient (Wildman–Crippen LogP) is 4.00. The highest BCUT2D eigenvalue weighted by Crippen LogP contribution is 2.26. The van der Waals surface area contributed by atoms with Crippen LogP contribution in [0.5, 0.6) is 0 Å². The Balaban J connectivity index is 2.28. The molecule has 0 saturated heterocycles. The molecule has 2 aromatic rings. The van der Waals surface area contributed by atoms with Crippen molar-refractivity contribution in [3.05, 3.63) is 69.7 Å². The summed E-state index contributed by atoms with van der Waals surface area (Å²) < 4.78 is 27.8. The quantitative estimate of drug-likeness (QED) is 0.908. The summed E-state index contributed by atoms with van der Waals surface area (Å²) in [7, 11) is 0. The van der Waals surface area contributed by atoms with E-state index >= 15 is 0 Å². The molecule has 18 heavy (non-hydrogen) atoms. The van der Waals surface area contributed by atoms with Gasteiger partial charge in [0.05, 0.1) is 11.7 Å². The van der Waals surface area contributed by atoms with E-state index in [1.54, 1.807) is 6.07 Å². The van der Waals surface area contributed by atoms with Gasteiger partial charge in [0, 0.05) is 10.9 Å². The second kappa shape index (κ2) is 5.59. The van der Waals surface area contributed by atoms with Crippen molar-refractivity contribution in [3.8, 4) is 0 Å². The summed E-state index contributed by atoms with van der Waals surface area (Å²) in [6.45, 7) is 0. The van der Waals surface area contributed by atoms with Crippen LogP contribution < -0.4 is 0 Å². The fourth-order valence-electron chi connectivity index (χ4n) is 1.80.